The molecule has 1 atom stereocenters. The van der Waals surface area contributed by atoms with Gasteiger partial charge in [-0.2, -0.15) is 0 Å². The fraction of sp³-hybridized carbons (Fsp3) is 0.444. The van der Waals surface area contributed by atoms with Crippen LogP contribution in [-0.2, 0) is 16.1 Å². The Kier molecular flexibility index (Phi) is 7.36. The van der Waals surface area contributed by atoms with Gasteiger partial charge < -0.3 is 19.5 Å². The highest BCUT2D eigenvalue weighted by molar-refractivity contribution is 8.00. The molecular weight excluding hydrogens is 414 g/mol. The number of aromatic amines is 1. The van der Waals surface area contributed by atoms with Gasteiger partial charge in [-0.3, -0.25) is 14.7 Å². The lowest BCUT2D eigenvalue weighted by Gasteiger charge is -2.19. The Hall–Kier alpha value is -2.99. The molecule has 1 aliphatic rings. The van der Waals surface area contributed by atoms with E-state index in [-0.39, 0.29) is 5.69 Å². The van der Waals surface area contributed by atoms with E-state index in [2.05, 4.69) is 20.8 Å². The van der Waals surface area contributed by atoms with Crippen LogP contribution in [0.2, 0.25) is 0 Å². The number of hydrogen-bond donors (Lipinski definition) is 3. The summed E-state index contributed by atoms with van der Waals surface area (Å²) >= 11 is 1.08. The Balaban J connectivity index is 1.54. The third-order valence-corrected chi connectivity index (χ3v) is 5.23. The average molecular weight is 437 g/mol. The van der Waals surface area contributed by atoms with Gasteiger partial charge in [-0.05, 0) is 25.5 Å². The number of H-pyrrole nitrogens is 1. The number of aromatic nitrogens is 3. The number of anilines is 1. The van der Waals surface area contributed by atoms with Crippen molar-refractivity contribution in [3.63, 3.8) is 0 Å². The normalized spacial score (nSPS) is 13.5. The number of ether oxygens (including phenoxy) is 3. The number of fused-ring (bicyclic) bond motifs is 1. The topological polar surface area (TPSA) is 137 Å². The summed E-state index contributed by atoms with van der Waals surface area (Å²) in [6.07, 6.45) is 0.627. The number of methoxy groups -OCH3 is 1. The van der Waals surface area contributed by atoms with Crippen molar-refractivity contribution in [2.24, 2.45) is 0 Å². The van der Waals surface area contributed by atoms with Gasteiger partial charge in [0.05, 0.1) is 5.25 Å². The number of thioether (sulfide) groups is 1. The third-order valence-electron chi connectivity index (χ3n) is 4.14. The second-order valence-electron chi connectivity index (χ2n) is 6.37. The molecule has 2 heterocycles. The van der Waals surface area contributed by atoms with E-state index < -0.39 is 17.2 Å². The quantitative estimate of drug-likeness (QED) is 0.414. The molecule has 3 N–H and O–H groups in total. The number of urea groups is 1. The van der Waals surface area contributed by atoms with Crippen molar-refractivity contribution in [3.05, 3.63) is 28.7 Å². The van der Waals surface area contributed by atoms with Gasteiger partial charge in [-0.25, -0.2) is 14.7 Å². The summed E-state index contributed by atoms with van der Waals surface area (Å²) in [5.41, 5.74) is 0.0988. The maximum absolute atomic E-state index is 12.4. The second-order valence-corrected chi connectivity index (χ2v) is 7.68. The van der Waals surface area contributed by atoms with Crippen LogP contribution in [0.25, 0.3) is 0 Å². The Morgan fingerprint density at radius 2 is 2.10 bits per heavy atom. The van der Waals surface area contributed by atoms with E-state index in [1.54, 1.807) is 32.2 Å². The fourth-order valence-electron chi connectivity index (χ4n) is 2.67. The molecule has 0 fully saturated rings. The molecule has 2 aromatic rings. The van der Waals surface area contributed by atoms with E-state index >= 15 is 0 Å². The molecule has 162 valence electrons. The number of nitrogens with one attached hydrogen (secondary N) is 3. The molecule has 11 nitrogen and oxygen atoms in total. The van der Waals surface area contributed by atoms with Crippen LogP contribution in [0.5, 0.6) is 11.5 Å². The van der Waals surface area contributed by atoms with Crippen molar-refractivity contribution < 1.29 is 23.8 Å². The molecule has 0 radical (unpaired) electrons. The number of carbonyl (C=O) groups excluding carboxylic acids is 2. The number of benzene rings is 1. The van der Waals surface area contributed by atoms with Crippen molar-refractivity contribution >= 4 is 29.4 Å². The summed E-state index contributed by atoms with van der Waals surface area (Å²) < 4.78 is 17.3. The van der Waals surface area contributed by atoms with Gasteiger partial charge >= 0.3 is 11.7 Å². The van der Waals surface area contributed by atoms with Crippen LogP contribution >= 0.6 is 11.8 Å². The van der Waals surface area contributed by atoms with Crippen LogP contribution < -0.4 is 25.8 Å². The maximum atomic E-state index is 12.4. The van der Waals surface area contributed by atoms with Crippen LogP contribution in [0.15, 0.2) is 28.2 Å². The van der Waals surface area contributed by atoms with Gasteiger partial charge in [0.1, 0.15) is 13.2 Å². The van der Waals surface area contributed by atoms with Gasteiger partial charge in [0.15, 0.2) is 16.7 Å². The molecule has 0 unspecified atom stereocenters. The molecule has 3 amide bonds. The van der Waals surface area contributed by atoms with E-state index in [0.29, 0.717) is 55.1 Å². The van der Waals surface area contributed by atoms with Crippen molar-refractivity contribution in [2.75, 3.05) is 32.2 Å². The summed E-state index contributed by atoms with van der Waals surface area (Å²) in [6.45, 7) is 3.43. The molecule has 3 rings (SSSR count). The highest BCUT2D eigenvalue weighted by Gasteiger charge is 2.21. The number of hydrogen-bond acceptors (Lipinski definition) is 8. The summed E-state index contributed by atoms with van der Waals surface area (Å²) in [6, 6.07) is 4.28. The predicted octanol–water partition coefficient (Wildman–Crippen LogP) is 1.21. The lowest BCUT2D eigenvalue weighted by atomic mass is 10.2. The van der Waals surface area contributed by atoms with E-state index in [1.807, 2.05) is 0 Å². The monoisotopic (exact) mass is 437 g/mol. The molecule has 30 heavy (non-hydrogen) atoms. The molecule has 0 spiro atoms. The number of amides is 3. The molecule has 0 saturated carbocycles. The van der Waals surface area contributed by atoms with Gasteiger partial charge in [-0.1, -0.05) is 11.8 Å². The highest BCUT2D eigenvalue weighted by atomic mass is 32.2. The Morgan fingerprint density at radius 3 is 2.87 bits per heavy atom. The standard InChI is InChI=1S/C18H23N5O6S/c1-11(30-18-22-21-17(26)23(18)6-3-7-27-2)15(24)20-16(25)19-12-4-5-13-14(10-12)29-9-8-28-13/h4-5,10-11H,3,6-9H2,1-2H3,(H,21,26)(H2,19,20,24,25)/t11-/m1/s1. The first-order valence-electron chi connectivity index (χ1n) is 9.30. The summed E-state index contributed by atoms with van der Waals surface area (Å²) in [4.78, 5) is 36.4. The maximum Gasteiger partial charge on any atom is 0.343 e. The molecular formula is C18H23N5O6S. The van der Waals surface area contributed by atoms with Crippen molar-refractivity contribution in [1.82, 2.24) is 20.1 Å². The smallest absolute Gasteiger partial charge is 0.343 e. The average Bonchev–Trinajstić information content (AvgIpc) is 3.07. The fourth-order valence-corrected chi connectivity index (χ4v) is 3.55. The van der Waals surface area contributed by atoms with Crippen LogP contribution in [-0.4, -0.2) is 58.9 Å². The van der Waals surface area contributed by atoms with Gasteiger partial charge in [0.25, 0.3) is 0 Å². The lowest BCUT2D eigenvalue weighted by Crippen LogP contribution is -2.39. The Morgan fingerprint density at radius 1 is 1.33 bits per heavy atom. The summed E-state index contributed by atoms with van der Waals surface area (Å²) in [5, 5.41) is 10.9. The predicted molar refractivity (Wildman–Crippen MR) is 109 cm³/mol. The summed E-state index contributed by atoms with van der Waals surface area (Å²) in [7, 11) is 1.58. The van der Waals surface area contributed by atoms with Crippen LogP contribution in [0.1, 0.15) is 13.3 Å². The van der Waals surface area contributed by atoms with E-state index in [4.69, 9.17) is 14.2 Å². The van der Waals surface area contributed by atoms with Crippen molar-refractivity contribution in [2.45, 2.75) is 30.3 Å². The zero-order chi connectivity index (χ0) is 21.5. The van der Waals surface area contributed by atoms with Crippen molar-refractivity contribution in [3.8, 4) is 11.5 Å². The number of imide groups is 1. The first-order chi connectivity index (χ1) is 14.5. The molecule has 12 heteroatoms. The first kappa shape index (κ1) is 21.7. The number of carbonyl (C=O) groups is 2. The minimum Gasteiger partial charge on any atom is -0.486 e. The second kappa shape index (κ2) is 10.2. The molecule has 0 bridgehead atoms. The lowest BCUT2D eigenvalue weighted by molar-refractivity contribution is -0.119. The molecule has 0 saturated heterocycles. The zero-order valence-electron chi connectivity index (χ0n) is 16.6. The number of nitrogens with zero attached hydrogens (tertiary/aromatic N) is 2. The van der Waals surface area contributed by atoms with Crippen LogP contribution in [0, 0.1) is 0 Å². The van der Waals surface area contributed by atoms with E-state index in [1.165, 1.54) is 4.57 Å². The molecule has 1 aromatic heterocycles. The Bertz CT molecular complexity index is 959. The minimum absolute atomic E-state index is 0.363. The summed E-state index contributed by atoms with van der Waals surface area (Å²) in [5.74, 6) is 0.608. The van der Waals surface area contributed by atoms with Crippen LogP contribution in [0.3, 0.4) is 0 Å². The Labute approximate surface area is 176 Å². The van der Waals surface area contributed by atoms with E-state index in [0.717, 1.165) is 11.8 Å². The molecule has 1 aromatic carbocycles. The van der Waals surface area contributed by atoms with Gasteiger partial charge in [0, 0.05) is 32.0 Å². The molecule has 0 aliphatic carbocycles. The SMILES string of the molecule is COCCCn1c(S[C@H](C)C(=O)NC(=O)Nc2ccc3c(c2)OCCO3)n[nH]c1=O. The van der Waals surface area contributed by atoms with E-state index in [9.17, 15) is 14.4 Å². The molecule has 1 aliphatic heterocycles. The van der Waals surface area contributed by atoms with Gasteiger partial charge in [-0.15, -0.1) is 5.10 Å². The van der Waals surface area contributed by atoms with Crippen molar-refractivity contribution in [1.29, 1.82) is 0 Å². The third kappa shape index (κ3) is 5.54. The minimum atomic E-state index is -0.677. The largest absolute Gasteiger partial charge is 0.486 e. The van der Waals surface area contributed by atoms with Gasteiger partial charge in [0.2, 0.25) is 5.91 Å². The first-order valence-corrected chi connectivity index (χ1v) is 10.2. The van der Waals surface area contributed by atoms with Crippen LogP contribution in [0.4, 0.5) is 10.5 Å². The highest BCUT2D eigenvalue weighted by Crippen LogP contribution is 2.32. The number of rotatable bonds is 8. The zero-order valence-corrected chi connectivity index (χ0v) is 17.4.